The van der Waals surface area contributed by atoms with Crippen LogP contribution in [-0.2, 0) is 6.54 Å². The van der Waals surface area contributed by atoms with Crippen molar-refractivity contribution in [2.45, 2.75) is 31.8 Å². The molecule has 1 aliphatic carbocycles. The molecule has 2 aliphatic rings. The molecule has 3 nitrogen and oxygen atoms in total. The SMILES string of the molecule is Cc1ccc(N)cc1CN1CCNC2(CC2)C1. The first-order chi connectivity index (χ1) is 8.17. The average Bonchev–Trinajstić information content (AvgIpc) is 3.03. The molecular weight excluding hydrogens is 210 g/mol. The van der Waals surface area contributed by atoms with Crippen LogP contribution in [0.4, 0.5) is 5.69 Å². The van der Waals surface area contributed by atoms with Crippen LogP contribution in [0, 0.1) is 6.92 Å². The van der Waals surface area contributed by atoms with Crippen molar-refractivity contribution in [1.29, 1.82) is 0 Å². The summed E-state index contributed by atoms with van der Waals surface area (Å²) in [5.41, 5.74) is 9.94. The van der Waals surface area contributed by atoms with Crippen LogP contribution in [0.25, 0.3) is 0 Å². The zero-order chi connectivity index (χ0) is 11.9. The third kappa shape index (κ3) is 2.31. The Kier molecular flexibility index (Phi) is 2.60. The van der Waals surface area contributed by atoms with Crippen molar-refractivity contribution >= 4 is 5.69 Å². The predicted octanol–water partition coefficient (Wildman–Crippen LogP) is 1.52. The summed E-state index contributed by atoms with van der Waals surface area (Å²) >= 11 is 0. The summed E-state index contributed by atoms with van der Waals surface area (Å²) in [6.07, 6.45) is 2.69. The zero-order valence-electron chi connectivity index (χ0n) is 10.5. The summed E-state index contributed by atoms with van der Waals surface area (Å²) < 4.78 is 0. The molecule has 0 radical (unpaired) electrons. The molecule has 0 aromatic heterocycles. The van der Waals surface area contributed by atoms with E-state index in [2.05, 4.69) is 29.3 Å². The topological polar surface area (TPSA) is 41.3 Å². The highest BCUT2D eigenvalue weighted by Gasteiger charge is 2.45. The summed E-state index contributed by atoms with van der Waals surface area (Å²) in [7, 11) is 0. The van der Waals surface area contributed by atoms with Gasteiger partial charge in [0.05, 0.1) is 0 Å². The third-order valence-corrected chi connectivity index (χ3v) is 4.07. The molecule has 0 bridgehead atoms. The minimum Gasteiger partial charge on any atom is -0.399 e. The number of nitrogens with zero attached hydrogens (tertiary/aromatic N) is 1. The van der Waals surface area contributed by atoms with Crippen LogP contribution < -0.4 is 11.1 Å². The Morgan fingerprint density at radius 1 is 1.41 bits per heavy atom. The number of benzene rings is 1. The minimum atomic E-state index is 0.465. The lowest BCUT2D eigenvalue weighted by Crippen LogP contribution is -2.52. The summed E-state index contributed by atoms with van der Waals surface area (Å²) in [6, 6.07) is 6.23. The number of hydrogen-bond acceptors (Lipinski definition) is 3. The molecule has 17 heavy (non-hydrogen) atoms. The van der Waals surface area contributed by atoms with Gasteiger partial charge < -0.3 is 11.1 Å². The Balaban J connectivity index is 1.71. The molecule has 0 amide bonds. The smallest absolute Gasteiger partial charge is 0.0317 e. The summed E-state index contributed by atoms with van der Waals surface area (Å²) in [5, 5.41) is 3.64. The van der Waals surface area contributed by atoms with E-state index in [1.54, 1.807) is 0 Å². The van der Waals surface area contributed by atoms with Gasteiger partial charge >= 0.3 is 0 Å². The van der Waals surface area contributed by atoms with E-state index in [9.17, 15) is 0 Å². The molecule has 0 unspecified atom stereocenters. The fourth-order valence-corrected chi connectivity index (χ4v) is 2.77. The lowest BCUT2D eigenvalue weighted by Gasteiger charge is -2.34. The van der Waals surface area contributed by atoms with Gasteiger partial charge in [-0.1, -0.05) is 6.07 Å². The molecule has 2 fully saturated rings. The number of anilines is 1. The van der Waals surface area contributed by atoms with E-state index in [1.165, 1.54) is 30.5 Å². The number of aryl methyl sites for hydroxylation is 1. The lowest BCUT2D eigenvalue weighted by molar-refractivity contribution is 0.182. The van der Waals surface area contributed by atoms with Crippen molar-refractivity contribution in [3.63, 3.8) is 0 Å². The van der Waals surface area contributed by atoms with E-state index in [4.69, 9.17) is 5.73 Å². The molecule has 3 heteroatoms. The van der Waals surface area contributed by atoms with Gasteiger partial charge in [-0.3, -0.25) is 4.90 Å². The monoisotopic (exact) mass is 231 g/mol. The van der Waals surface area contributed by atoms with Crippen molar-refractivity contribution in [3.05, 3.63) is 29.3 Å². The molecule has 1 spiro atoms. The maximum atomic E-state index is 5.87. The fourth-order valence-electron chi connectivity index (χ4n) is 2.77. The van der Waals surface area contributed by atoms with Gasteiger partial charge in [0.25, 0.3) is 0 Å². The number of nitrogens with one attached hydrogen (secondary N) is 1. The largest absolute Gasteiger partial charge is 0.399 e. The predicted molar refractivity (Wildman–Crippen MR) is 70.8 cm³/mol. The standard InChI is InChI=1S/C14H21N3/c1-11-2-3-13(15)8-12(11)9-17-7-6-16-14(10-17)4-5-14/h2-3,8,16H,4-7,9-10,15H2,1H3. The number of nitrogen functional groups attached to an aromatic ring is 1. The van der Waals surface area contributed by atoms with Crippen molar-refractivity contribution in [1.82, 2.24) is 10.2 Å². The van der Waals surface area contributed by atoms with Gasteiger partial charge in [0.15, 0.2) is 0 Å². The third-order valence-electron chi connectivity index (χ3n) is 4.07. The zero-order valence-corrected chi connectivity index (χ0v) is 10.5. The molecule has 1 aliphatic heterocycles. The first kappa shape index (κ1) is 11.1. The van der Waals surface area contributed by atoms with Crippen LogP contribution in [0.2, 0.25) is 0 Å². The quantitative estimate of drug-likeness (QED) is 0.758. The maximum Gasteiger partial charge on any atom is 0.0317 e. The Hall–Kier alpha value is -1.06. The van der Waals surface area contributed by atoms with E-state index in [-0.39, 0.29) is 0 Å². The van der Waals surface area contributed by atoms with Crippen LogP contribution in [0.3, 0.4) is 0 Å². The van der Waals surface area contributed by atoms with Gasteiger partial charge in [-0.2, -0.15) is 0 Å². The molecule has 1 saturated heterocycles. The van der Waals surface area contributed by atoms with Crippen molar-refractivity contribution in [2.75, 3.05) is 25.4 Å². The average molecular weight is 231 g/mol. The van der Waals surface area contributed by atoms with Crippen LogP contribution in [-0.4, -0.2) is 30.1 Å². The molecular formula is C14H21N3. The van der Waals surface area contributed by atoms with Gasteiger partial charge in [0.2, 0.25) is 0 Å². The summed E-state index contributed by atoms with van der Waals surface area (Å²) in [4.78, 5) is 2.56. The number of hydrogen-bond donors (Lipinski definition) is 2. The van der Waals surface area contributed by atoms with Gasteiger partial charge in [-0.15, -0.1) is 0 Å². The maximum absolute atomic E-state index is 5.87. The van der Waals surface area contributed by atoms with E-state index in [1.807, 2.05) is 6.07 Å². The Morgan fingerprint density at radius 2 is 2.24 bits per heavy atom. The second-order valence-corrected chi connectivity index (χ2v) is 5.60. The van der Waals surface area contributed by atoms with Crippen LogP contribution in [0.15, 0.2) is 18.2 Å². The first-order valence-corrected chi connectivity index (χ1v) is 6.49. The van der Waals surface area contributed by atoms with Gasteiger partial charge in [0, 0.05) is 37.4 Å². The van der Waals surface area contributed by atoms with Gasteiger partial charge in [-0.05, 0) is 43.0 Å². The van der Waals surface area contributed by atoms with Gasteiger partial charge in [-0.25, -0.2) is 0 Å². The van der Waals surface area contributed by atoms with Crippen LogP contribution in [0.1, 0.15) is 24.0 Å². The lowest BCUT2D eigenvalue weighted by atomic mass is 10.1. The summed E-state index contributed by atoms with van der Waals surface area (Å²) in [5.74, 6) is 0. The molecule has 1 aromatic carbocycles. The highest BCUT2D eigenvalue weighted by atomic mass is 15.2. The molecule has 3 N–H and O–H groups in total. The van der Waals surface area contributed by atoms with E-state index in [0.29, 0.717) is 5.54 Å². The van der Waals surface area contributed by atoms with E-state index in [0.717, 1.165) is 25.3 Å². The van der Waals surface area contributed by atoms with Crippen molar-refractivity contribution in [2.24, 2.45) is 0 Å². The van der Waals surface area contributed by atoms with Crippen LogP contribution in [0.5, 0.6) is 0 Å². The molecule has 92 valence electrons. The fraction of sp³-hybridized carbons (Fsp3) is 0.571. The normalized spacial score (nSPS) is 22.9. The number of piperazine rings is 1. The van der Waals surface area contributed by atoms with E-state index < -0.39 is 0 Å². The van der Waals surface area contributed by atoms with Gasteiger partial charge in [0.1, 0.15) is 0 Å². The molecule has 1 saturated carbocycles. The molecule has 0 atom stereocenters. The minimum absolute atomic E-state index is 0.465. The van der Waals surface area contributed by atoms with Crippen molar-refractivity contribution < 1.29 is 0 Å². The second kappa shape index (κ2) is 4.00. The molecule has 1 heterocycles. The molecule has 1 aromatic rings. The number of rotatable bonds is 2. The Labute approximate surface area is 103 Å². The number of nitrogens with two attached hydrogens (primary N) is 1. The Morgan fingerprint density at radius 3 is 3.00 bits per heavy atom. The van der Waals surface area contributed by atoms with Crippen molar-refractivity contribution in [3.8, 4) is 0 Å². The molecule has 3 rings (SSSR count). The highest BCUT2D eigenvalue weighted by molar-refractivity contribution is 5.44. The Bertz CT molecular complexity index is 423. The summed E-state index contributed by atoms with van der Waals surface area (Å²) in [6.45, 7) is 6.68. The van der Waals surface area contributed by atoms with E-state index >= 15 is 0 Å². The highest BCUT2D eigenvalue weighted by Crippen LogP contribution is 2.37. The second-order valence-electron chi connectivity index (χ2n) is 5.60. The first-order valence-electron chi connectivity index (χ1n) is 6.49. The van der Waals surface area contributed by atoms with Crippen LogP contribution >= 0.6 is 0 Å².